The van der Waals surface area contributed by atoms with Crippen molar-refractivity contribution in [3.8, 4) is 0 Å². The summed E-state index contributed by atoms with van der Waals surface area (Å²) in [6.07, 6.45) is 3.86. The molecule has 1 aromatic heterocycles. The van der Waals surface area contributed by atoms with Crippen molar-refractivity contribution in [3.63, 3.8) is 0 Å². The predicted octanol–water partition coefficient (Wildman–Crippen LogP) is 1.74. The fourth-order valence-corrected chi connectivity index (χ4v) is 1.59. The molecule has 0 saturated heterocycles. The van der Waals surface area contributed by atoms with E-state index in [4.69, 9.17) is 5.73 Å². The lowest BCUT2D eigenvalue weighted by atomic mass is 10.2. The van der Waals surface area contributed by atoms with Gasteiger partial charge < -0.3 is 5.73 Å². The monoisotopic (exact) mass is 177 g/mol. The highest BCUT2D eigenvalue weighted by Gasteiger charge is 2.36. The largest absolute Gasteiger partial charge is 0.396 e. The number of rotatable bonds is 2. The molecule has 1 aliphatic rings. The standard InChI is InChI=1S/C10H15N3/c1-3-9-8(11)5-12-10(13-9)7-4-6(7)2/h5-7H,3-4,11H2,1-2H3. The molecule has 0 amide bonds. The molecule has 13 heavy (non-hydrogen) atoms. The normalized spacial score (nSPS) is 26.0. The third-order valence-electron chi connectivity index (χ3n) is 2.69. The highest BCUT2D eigenvalue weighted by molar-refractivity contribution is 5.40. The van der Waals surface area contributed by atoms with Crippen LogP contribution < -0.4 is 5.73 Å². The van der Waals surface area contributed by atoms with Crippen molar-refractivity contribution < 1.29 is 0 Å². The second kappa shape index (κ2) is 2.98. The first-order valence-electron chi connectivity index (χ1n) is 4.83. The molecule has 0 bridgehead atoms. The zero-order chi connectivity index (χ0) is 9.42. The maximum Gasteiger partial charge on any atom is 0.132 e. The van der Waals surface area contributed by atoms with Crippen molar-refractivity contribution in [3.05, 3.63) is 17.7 Å². The highest BCUT2D eigenvalue weighted by Crippen LogP contribution is 2.45. The molecule has 1 saturated carbocycles. The van der Waals surface area contributed by atoms with E-state index in [1.54, 1.807) is 6.20 Å². The van der Waals surface area contributed by atoms with Gasteiger partial charge in [0.1, 0.15) is 5.82 Å². The van der Waals surface area contributed by atoms with Crippen LogP contribution >= 0.6 is 0 Å². The van der Waals surface area contributed by atoms with Crippen LogP contribution in [-0.2, 0) is 6.42 Å². The fraction of sp³-hybridized carbons (Fsp3) is 0.600. The molecule has 1 aliphatic carbocycles. The number of hydrogen-bond donors (Lipinski definition) is 1. The number of nitrogens with zero attached hydrogens (tertiary/aromatic N) is 2. The van der Waals surface area contributed by atoms with E-state index in [2.05, 4.69) is 23.8 Å². The first kappa shape index (κ1) is 8.48. The molecular formula is C10H15N3. The van der Waals surface area contributed by atoms with Crippen molar-refractivity contribution in [2.45, 2.75) is 32.6 Å². The number of aryl methyl sites for hydroxylation is 1. The molecule has 0 spiro atoms. The summed E-state index contributed by atoms with van der Waals surface area (Å²) in [5, 5.41) is 0. The maximum atomic E-state index is 5.73. The average Bonchev–Trinajstić information content (AvgIpc) is 2.84. The van der Waals surface area contributed by atoms with E-state index in [0.29, 0.717) is 5.92 Å². The molecule has 2 atom stereocenters. The van der Waals surface area contributed by atoms with Gasteiger partial charge >= 0.3 is 0 Å². The summed E-state index contributed by atoms with van der Waals surface area (Å²) in [6.45, 7) is 4.30. The van der Waals surface area contributed by atoms with E-state index in [1.807, 2.05) is 0 Å². The fourth-order valence-electron chi connectivity index (χ4n) is 1.59. The van der Waals surface area contributed by atoms with E-state index in [0.717, 1.165) is 29.5 Å². The van der Waals surface area contributed by atoms with E-state index >= 15 is 0 Å². The summed E-state index contributed by atoms with van der Waals surface area (Å²) in [6, 6.07) is 0. The van der Waals surface area contributed by atoms with Crippen LogP contribution in [0.1, 0.15) is 37.7 Å². The van der Waals surface area contributed by atoms with Gasteiger partial charge in [0.2, 0.25) is 0 Å². The summed E-state index contributed by atoms with van der Waals surface area (Å²) in [4.78, 5) is 8.73. The molecule has 2 unspecified atom stereocenters. The SMILES string of the molecule is CCc1nc(C2CC2C)ncc1N. The molecule has 3 nitrogen and oxygen atoms in total. The third-order valence-corrected chi connectivity index (χ3v) is 2.69. The van der Waals surface area contributed by atoms with Gasteiger partial charge in [-0.15, -0.1) is 0 Å². The average molecular weight is 177 g/mol. The molecule has 2 rings (SSSR count). The maximum absolute atomic E-state index is 5.73. The molecule has 70 valence electrons. The van der Waals surface area contributed by atoms with Crippen molar-refractivity contribution in [1.82, 2.24) is 9.97 Å². The topological polar surface area (TPSA) is 51.8 Å². The summed E-state index contributed by atoms with van der Waals surface area (Å²) in [5.74, 6) is 2.33. The number of nitrogens with two attached hydrogens (primary N) is 1. The van der Waals surface area contributed by atoms with Crippen LogP contribution in [0.25, 0.3) is 0 Å². The summed E-state index contributed by atoms with van der Waals surface area (Å²) >= 11 is 0. The van der Waals surface area contributed by atoms with E-state index in [9.17, 15) is 0 Å². The minimum atomic E-state index is 0.589. The second-order valence-corrected chi connectivity index (χ2v) is 3.80. The van der Waals surface area contributed by atoms with E-state index < -0.39 is 0 Å². The van der Waals surface area contributed by atoms with Gasteiger partial charge in [-0.1, -0.05) is 13.8 Å². The molecule has 0 aliphatic heterocycles. The summed E-state index contributed by atoms with van der Waals surface area (Å²) in [7, 11) is 0. The van der Waals surface area contributed by atoms with E-state index in [1.165, 1.54) is 6.42 Å². The van der Waals surface area contributed by atoms with Gasteiger partial charge in [0.05, 0.1) is 17.6 Å². The Labute approximate surface area is 78.4 Å². The first-order chi connectivity index (χ1) is 6.22. The Morgan fingerprint density at radius 2 is 2.31 bits per heavy atom. The zero-order valence-corrected chi connectivity index (χ0v) is 8.12. The van der Waals surface area contributed by atoms with Crippen LogP contribution in [0.2, 0.25) is 0 Å². The van der Waals surface area contributed by atoms with Crippen molar-refractivity contribution in [2.75, 3.05) is 5.73 Å². The molecule has 1 aromatic rings. The van der Waals surface area contributed by atoms with Crippen LogP contribution in [0.3, 0.4) is 0 Å². The Balaban J connectivity index is 2.28. The lowest BCUT2D eigenvalue weighted by molar-refractivity contribution is 0.823. The number of aromatic nitrogens is 2. The quantitative estimate of drug-likeness (QED) is 0.748. The Kier molecular flexibility index (Phi) is 1.94. The Bertz CT molecular complexity index is 322. The van der Waals surface area contributed by atoms with Gasteiger partial charge in [-0.3, -0.25) is 0 Å². The molecule has 3 heteroatoms. The minimum Gasteiger partial charge on any atom is -0.396 e. The minimum absolute atomic E-state index is 0.589. The van der Waals surface area contributed by atoms with Crippen molar-refractivity contribution >= 4 is 5.69 Å². The van der Waals surface area contributed by atoms with Gasteiger partial charge in [-0.2, -0.15) is 0 Å². The second-order valence-electron chi connectivity index (χ2n) is 3.80. The van der Waals surface area contributed by atoms with E-state index in [-0.39, 0.29) is 0 Å². The number of hydrogen-bond acceptors (Lipinski definition) is 3. The van der Waals surface area contributed by atoms with Gasteiger partial charge in [-0.05, 0) is 18.8 Å². The Morgan fingerprint density at radius 3 is 2.85 bits per heavy atom. The molecular weight excluding hydrogens is 162 g/mol. The summed E-state index contributed by atoms with van der Waals surface area (Å²) in [5.41, 5.74) is 7.44. The van der Waals surface area contributed by atoms with Gasteiger partial charge in [0.15, 0.2) is 0 Å². The van der Waals surface area contributed by atoms with Crippen LogP contribution in [-0.4, -0.2) is 9.97 Å². The zero-order valence-electron chi connectivity index (χ0n) is 8.12. The predicted molar refractivity (Wildman–Crippen MR) is 52.3 cm³/mol. The van der Waals surface area contributed by atoms with Crippen molar-refractivity contribution in [1.29, 1.82) is 0 Å². The third kappa shape index (κ3) is 1.50. The smallest absolute Gasteiger partial charge is 0.132 e. The van der Waals surface area contributed by atoms with Crippen LogP contribution in [0.15, 0.2) is 6.20 Å². The Morgan fingerprint density at radius 1 is 1.62 bits per heavy atom. The first-order valence-corrected chi connectivity index (χ1v) is 4.83. The summed E-state index contributed by atoms with van der Waals surface area (Å²) < 4.78 is 0. The van der Waals surface area contributed by atoms with Crippen LogP contribution in [0, 0.1) is 5.92 Å². The lowest BCUT2D eigenvalue weighted by Gasteiger charge is -2.03. The molecule has 0 aromatic carbocycles. The number of nitrogen functional groups attached to an aromatic ring is 1. The van der Waals surface area contributed by atoms with Crippen LogP contribution in [0.4, 0.5) is 5.69 Å². The van der Waals surface area contributed by atoms with Gasteiger partial charge in [-0.25, -0.2) is 9.97 Å². The Hall–Kier alpha value is -1.12. The van der Waals surface area contributed by atoms with Gasteiger partial charge in [0.25, 0.3) is 0 Å². The molecule has 1 fully saturated rings. The van der Waals surface area contributed by atoms with Gasteiger partial charge in [0, 0.05) is 5.92 Å². The molecule has 0 radical (unpaired) electrons. The van der Waals surface area contributed by atoms with Crippen molar-refractivity contribution in [2.24, 2.45) is 5.92 Å². The number of anilines is 1. The highest BCUT2D eigenvalue weighted by atomic mass is 14.9. The molecule has 2 N–H and O–H groups in total. The molecule has 1 heterocycles. The van der Waals surface area contributed by atoms with Crippen LogP contribution in [0.5, 0.6) is 0 Å². The lowest BCUT2D eigenvalue weighted by Crippen LogP contribution is -2.02.